The molecule has 1 N–H and O–H groups in total. The van der Waals surface area contributed by atoms with E-state index in [0.717, 1.165) is 25.9 Å². The van der Waals surface area contributed by atoms with E-state index in [0.29, 0.717) is 5.92 Å². The van der Waals surface area contributed by atoms with Gasteiger partial charge in [-0.15, -0.1) is 0 Å². The summed E-state index contributed by atoms with van der Waals surface area (Å²) in [6.45, 7) is 12.3. The van der Waals surface area contributed by atoms with Crippen LogP contribution < -0.4 is 5.32 Å². The highest BCUT2D eigenvalue weighted by Crippen LogP contribution is 2.28. The first-order chi connectivity index (χ1) is 14.1. The largest absolute Gasteiger partial charge is 0.313 e. The van der Waals surface area contributed by atoms with Gasteiger partial charge >= 0.3 is 0 Å². The van der Waals surface area contributed by atoms with Crippen LogP contribution in [0.25, 0.3) is 6.08 Å². The van der Waals surface area contributed by atoms with Crippen LogP contribution in [0.15, 0.2) is 73.3 Å². The smallest absolute Gasteiger partial charge is 0.0205 e. The monoisotopic (exact) mass is 383 g/mol. The Balaban J connectivity index is 1.67. The highest BCUT2D eigenvalue weighted by Gasteiger charge is 2.14. The lowest BCUT2D eigenvalue weighted by molar-refractivity contribution is 0.611. The van der Waals surface area contributed by atoms with E-state index < -0.39 is 0 Å². The summed E-state index contributed by atoms with van der Waals surface area (Å²) < 4.78 is 0. The van der Waals surface area contributed by atoms with Crippen LogP contribution in [-0.4, -0.2) is 6.54 Å². The average molecular weight is 384 g/mol. The maximum Gasteiger partial charge on any atom is 0.0205 e. The second-order valence-corrected chi connectivity index (χ2v) is 7.92. The van der Waals surface area contributed by atoms with E-state index in [1.165, 1.54) is 38.9 Å². The lowest BCUT2D eigenvalue weighted by Gasteiger charge is -2.19. The molecule has 0 spiro atoms. The highest BCUT2D eigenvalue weighted by atomic mass is 14.8. The van der Waals surface area contributed by atoms with Crippen LogP contribution in [-0.2, 0) is 13.0 Å². The summed E-state index contributed by atoms with van der Waals surface area (Å²) in [6.07, 6.45) is 4.09. The molecule has 1 atom stereocenters. The Bertz CT molecular complexity index is 920. The van der Waals surface area contributed by atoms with E-state index in [-0.39, 0.29) is 0 Å². The van der Waals surface area contributed by atoms with Gasteiger partial charge in [-0.3, -0.25) is 0 Å². The number of rotatable bonds is 9. The van der Waals surface area contributed by atoms with E-state index in [1.54, 1.807) is 0 Å². The quantitative estimate of drug-likeness (QED) is 0.400. The van der Waals surface area contributed by atoms with Crippen LogP contribution in [0.3, 0.4) is 0 Å². The summed E-state index contributed by atoms with van der Waals surface area (Å²) in [5.74, 6) is 0.416. The predicted molar refractivity (Wildman–Crippen MR) is 126 cm³/mol. The van der Waals surface area contributed by atoms with Gasteiger partial charge in [-0.2, -0.15) is 0 Å². The van der Waals surface area contributed by atoms with Gasteiger partial charge in [0.2, 0.25) is 0 Å². The second kappa shape index (κ2) is 10.2. The molecule has 3 aromatic carbocycles. The van der Waals surface area contributed by atoms with Crippen molar-refractivity contribution in [3.8, 4) is 0 Å². The van der Waals surface area contributed by atoms with Gasteiger partial charge in [0.15, 0.2) is 0 Å². The minimum atomic E-state index is 0.416. The van der Waals surface area contributed by atoms with Crippen LogP contribution in [0.5, 0.6) is 0 Å². The minimum Gasteiger partial charge on any atom is -0.313 e. The Morgan fingerprint density at radius 1 is 0.862 bits per heavy atom. The van der Waals surface area contributed by atoms with E-state index in [2.05, 4.69) is 99.4 Å². The zero-order valence-corrected chi connectivity index (χ0v) is 18.0. The summed E-state index contributed by atoms with van der Waals surface area (Å²) in [5.41, 5.74) is 9.33. The number of benzene rings is 3. The number of nitrogens with one attached hydrogen (secondary N) is 1. The Morgan fingerprint density at radius 2 is 1.48 bits per heavy atom. The molecule has 0 aliphatic carbocycles. The van der Waals surface area contributed by atoms with Gasteiger partial charge in [0.25, 0.3) is 0 Å². The van der Waals surface area contributed by atoms with Crippen molar-refractivity contribution in [3.63, 3.8) is 0 Å². The van der Waals surface area contributed by atoms with Gasteiger partial charge in [-0.1, -0.05) is 91.9 Å². The first-order valence-electron chi connectivity index (χ1n) is 10.7. The Labute approximate surface area is 176 Å². The third kappa shape index (κ3) is 5.68. The van der Waals surface area contributed by atoms with E-state index >= 15 is 0 Å². The Hall–Kier alpha value is -2.64. The fraction of sp³-hybridized carbons (Fsp3) is 0.286. The van der Waals surface area contributed by atoms with Crippen molar-refractivity contribution in [3.05, 3.63) is 112 Å². The topological polar surface area (TPSA) is 12.0 Å². The van der Waals surface area contributed by atoms with Crippen LogP contribution >= 0.6 is 0 Å². The fourth-order valence-electron chi connectivity index (χ4n) is 3.87. The van der Waals surface area contributed by atoms with Gasteiger partial charge in [0, 0.05) is 12.5 Å². The van der Waals surface area contributed by atoms with Crippen molar-refractivity contribution in [2.75, 3.05) is 6.54 Å². The van der Waals surface area contributed by atoms with Crippen molar-refractivity contribution < 1.29 is 0 Å². The molecule has 150 valence electrons. The SMILES string of the molecule is C=Cc1ccc(CNCCC(c2ccc(C)cc2)c2ccc(CC)cc2)cc1C. The molecule has 1 heteroatoms. The number of hydrogen-bond donors (Lipinski definition) is 1. The molecule has 0 aliphatic rings. The van der Waals surface area contributed by atoms with Gasteiger partial charge in [0.1, 0.15) is 0 Å². The van der Waals surface area contributed by atoms with Crippen molar-refractivity contribution in [2.45, 2.75) is 46.1 Å². The second-order valence-electron chi connectivity index (χ2n) is 7.92. The normalized spacial score (nSPS) is 12.0. The molecule has 29 heavy (non-hydrogen) atoms. The highest BCUT2D eigenvalue weighted by molar-refractivity contribution is 5.52. The summed E-state index contributed by atoms with van der Waals surface area (Å²) in [7, 11) is 0. The molecule has 0 amide bonds. The maximum absolute atomic E-state index is 3.87. The van der Waals surface area contributed by atoms with Crippen LogP contribution in [0.2, 0.25) is 0 Å². The molecule has 3 rings (SSSR count). The van der Waals surface area contributed by atoms with Crippen LogP contribution in [0.4, 0.5) is 0 Å². The Morgan fingerprint density at radius 3 is 2.07 bits per heavy atom. The summed E-state index contributed by atoms with van der Waals surface area (Å²) in [6, 6.07) is 24.8. The molecular formula is C28H33N. The molecule has 0 bridgehead atoms. The van der Waals surface area contributed by atoms with Crippen molar-refractivity contribution in [2.24, 2.45) is 0 Å². The molecule has 0 heterocycles. The summed E-state index contributed by atoms with van der Waals surface area (Å²) in [4.78, 5) is 0. The molecular weight excluding hydrogens is 350 g/mol. The Kier molecular flexibility index (Phi) is 7.43. The number of hydrogen-bond acceptors (Lipinski definition) is 1. The summed E-state index contributed by atoms with van der Waals surface area (Å²) >= 11 is 0. The maximum atomic E-state index is 3.87. The standard InChI is InChI=1S/C28H33N/c1-5-23-9-15-27(16-10-23)28(26-12-7-21(3)8-13-26)17-18-29-20-24-11-14-25(6-2)22(4)19-24/h6-16,19,28-29H,2,5,17-18,20H2,1,3-4H3. The van der Waals surface area contributed by atoms with Crippen molar-refractivity contribution in [1.82, 2.24) is 5.32 Å². The first-order valence-corrected chi connectivity index (χ1v) is 10.7. The van der Waals surface area contributed by atoms with Crippen molar-refractivity contribution >= 4 is 6.08 Å². The lowest BCUT2D eigenvalue weighted by atomic mass is 9.87. The molecule has 0 saturated heterocycles. The van der Waals surface area contributed by atoms with E-state index in [4.69, 9.17) is 0 Å². The third-order valence-corrected chi connectivity index (χ3v) is 5.76. The van der Waals surface area contributed by atoms with E-state index in [9.17, 15) is 0 Å². The van der Waals surface area contributed by atoms with Crippen LogP contribution in [0.1, 0.15) is 58.2 Å². The minimum absolute atomic E-state index is 0.416. The van der Waals surface area contributed by atoms with Gasteiger partial charge < -0.3 is 5.32 Å². The first kappa shape index (κ1) is 21.1. The lowest BCUT2D eigenvalue weighted by Crippen LogP contribution is -2.18. The fourth-order valence-corrected chi connectivity index (χ4v) is 3.87. The molecule has 0 radical (unpaired) electrons. The molecule has 1 nitrogen and oxygen atoms in total. The van der Waals surface area contributed by atoms with E-state index in [1.807, 2.05) is 6.08 Å². The third-order valence-electron chi connectivity index (χ3n) is 5.76. The number of aryl methyl sites for hydroxylation is 3. The van der Waals surface area contributed by atoms with Crippen LogP contribution in [0, 0.1) is 13.8 Å². The average Bonchev–Trinajstić information content (AvgIpc) is 2.75. The molecule has 0 fully saturated rings. The molecule has 3 aromatic rings. The molecule has 0 aromatic heterocycles. The zero-order valence-electron chi connectivity index (χ0n) is 18.0. The zero-order chi connectivity index (χ0) is 20.6. The van der Waals surface area contributed by atoms with Crippen molar-refractivity contribution in [1.29, 1.82) is 0 Å². The molecule has 0 saturated carbocycles. The summed E-state index contributed by atoms with van der Waals surface area (Å²) in [5, 5.41) is 3.64. The van der Waals surface area contributed by atoms with Gasteiger partial charge in [0.05, 0.1) is 0 Å². The predicted octanol–water partition coefficient (Wildman–Crippen LogP) is 6.82. The van der Waals surface area contributed by atoms with Gasteiger partial charge in [-0.25, -0.2) is 0 Å². The molecule has 1 unspecified atom stereocenters. The molecule has 0 aliphatic heterocycles. The van der Waals surface area contributed by atoms with Gasteiger partial charge in [-0.05, 0) is 66.6 Å².